The zero-order valence-electron chi connectivity index (χ0n) is 12.7. The minimum Gasteiger partial charge on any atom is -0.452 e. The van der Waals surface area contributed by atoms with Crippen molar-refractivity contribution in [3.8, 4) is 0 Å². The molecule has 0 N–H and O–H groups in total. The normalized spacial score (nSPS) is 16.1. The number of nitrogens with zero attached hydrogens (tertiary/aromatic N) is 1. The van der Waals surface area contributed by atoms with E-state index in [2.05, 4.69) is 0 Å². The highest BCUT2D eigenvalue weighted by molar-refractivity contribution is 5.99. The molecule has 0 spiro atoms. The van der Waals surface area contributed by atoms with Gasteiger partial charge in [0.2, 0.25) is 0 Å². The quantitative estimate of drug-likeness (QED) is 0.819. The van der Waals surface area contributed by atoms with Crippen molar-refractivity contribution in [2.45, 2.75) is 19.4 Å². The van der Waals surface area contributed by atoms with Gasteiger partial charge in [-0.1, -0.05) is 18.2 Å². The van der Waals surface area contributed by atoms with E-state index < -0.39 is 11.8 Å². The summed E-state index contributed by atoms with van der Waals surface area (Å²) in [6, 6.07) is 12.7. The van der Waals surface area contributed by atoms with Crippen LogP contribution in [0.2, 0.25) is 0 Å². The second-order valence-corrected chi connectivity index (χ2v) is 5.53. The third kappa shape index (κ3) is 3.08. The van der Waals surface area contributed by atoms with Gasteiger partial charge in [0.05, 0.1) is 5.56 Å². The lowest BCUT2D eigenvalue weighted by Gasteiger charge is -2.22. The molecule has 0 aliphatic carbocycles. The van der Waals surface area contributed by atoms with Gasteiger partial charge in [-0.3, -0.25) is 4.79 Å². The van der Waals surface area contributed by atoms with Crippen molar-refractivity contribution in [2.24, 2.45) is 0 Å². The summed E-state index contributed by atoms with van der Waals surface area (Å²) in [6.07, 6.45) is 0.786. The number of ether oxygens (including phenoxy) is 1. The molecule has 1 atom stereocenters. The highest BCUT2D eigenvalue weighted by atomic mass is 19.1. The molecule has 1 aliphatic rings. The largest absolute Gasteiger partial charge is 0.452 e. The molecule has 0 radical (unpaired) electrons. The molecule has 0 fully saturated rings. The molecule has 2 aromatic carbocycles. The lowest BCUT2D eigenvalue weighted by atomic mass is 10.1. The number of halogens is 1. The number of hydrogen-bond acceptors (Lipinski definition) is 3. The van der Waals surface area contributed by atoms with Gasteiger partial charge in [-0.25, -0.2) is 9.18 Å². The molecule has 0 aromatic heterocycles. The molecule has 1 aliphatic heterocycles. The van der Waals surface area contributed by atoms with Crippen LogP contribution >= 0.6 is 0 Å². The van der Waals surface area contributed by atoms with Gasteiger partial charge < -0.3 is 9.64 Å². The lowest BCUT2D eigenvalue weighted by molar-refractivity contribution is -0.122. The van der Waals surface area contributed by atoms with Gasteiger partial charge in [-0.2, -0.15) is 0 Å². The zero-order valence-corrected chi connectivity index (χ0v) is 12.7. The van der Waals surface area contributed by atoms with Crippen molar-refractivity contribution in [1.82, 2.24) is 0 Å². The highest BCUT2D eigenvalue weighted by Crippen LogP contribution is 2.31. The molecule has 0 bridgehead atoms. The first-order valence-corrected chi connectivity index (χ1v) is 7.39. The summed E-state index contributed by atoms with van der Waals surface area (Å²) >= 11 is 0. The summed E-state index contributed by atoms with van der Waals surface area (Å²) in [6.45, 7) is 1.62. The van der Waals surface area contributed by atoms with Gasteiger partial charge in [0.15, 0.2) is 6.61 Å². The molecule has 0 saturated carbocycles. The summed E-state index contributed by atoms with van der Waals surface area (Å²) in [5.74, 6) is -1.34. The maximum Gasteiger partial charge on any atom is 0.338 e. The molecule has 1 unspecified atom stereocenters. The average molecular weight is 313 g/mol. The predicted octanol–water partition coefficient (Wildman–Crippen LogP) is 2.96. The van der Waals surface area contributed by atoms with Crippen LogP contribution in [0.25, 0.3) is 0 Å². The van der Waals surface area contributed by atoms with Crippen molar-refractivity contribution in [1.29, 1.82) is 0 Å². The molecule has 1 amide bonds. The molecule has 118 valence electrons. The Morgan fingerprint density at radius 3 is 2.61 bits per heavy atom. The fourth-order valence-corrected chi connectivity index (χ4v) is 2.81. The maximum absolute atomic E-state index is 12.8. The number of carbonyl (C=O) groups is 2. The summed E-state index contributed by atoms with van der Waals surface area (Å²) < 4.78 is 17.9. The van der Waals surface area contributed by atoms with Gasteiger partial charge in [-0.15, -0.1) is 0 Å². The van der Waals surface area contributed by atoms with E-state index in [-0.39, 0.29) is 24.1 Å². The third-order valence-corrected chi connectivity index (χ3v) is 3.88. The molecule has 4 nitrogen and oxygen atoms in total. The summed E-state index contributed by atoms with van der Waals surface area (Å²) in [4.78, 5) is 25.9. The molecule has 3 rings (SSSR count). The number of anilines is 1. The molecule has 5 heteroatoms. The minimum atomic E-state index is -0.640. The van der Waals surface area contributed by atoms with E-state index in [1.807, 2.05) is 31.2 Å². The summed E-state index contributed by atoms with van der Waals surface area (Å²) in [5, 5.41) is 0. The second-order valence-electron chi connectivity index (χ2n) is 5.53. The third-order valence-electron chi connectivity index (χ3n) is 3.88. The first-order chi connectivity index (χ1) is 11.1. The second kappa shape index (κ2) is 6.20. The predicted molar refractivity (Wildman–Crippen MR) is 83.8 cm³/mol. The zero-order chi connectivity index (χ0) is 16.4. The minimum absolute atomic E-state index is 0.0319. The Morgan fingerprint density at radius 2 is 1.87 bits per heavy atom. The number of esters is 1. The van der Waals surface area contributed by atoms with Gasteiger partial charge in [0.25, 0.3) is 5.91 Å². The Morgan fingerprint density at radius 1 is 1.17 bits per heavy atom. The Balaban J connectivity index is 1.66. The first-order valence-electron chi connectivity index (χ1n) is 7.39. The van der Waals surface area contributed by atoms with E-state index in [1.165, 1.54) is 24.3 Å². The van der Waals surface area contributed by atoms with Crippen LogP contribution in [-0.4, -0.2) is 24.5 Å². The Bertz CT molecular complexity index is 742. The van der Waals surface area contributed by atoms with E-state index in [4.69, 9.17) is 4.74 Å². The number of fused-ring (bicyclic) bond motifs is 1. The van der Waals surface area contributed by atoms with Crippen LogP contribution in [0, 0.1) is 5.82 Å². The van der Waals surface area contributed by atoms with Crippen LogP contribution in [0.3, 0.4) is 0 Å². The van der Waals surface area contributed by atoms with Crippen molar-refractivity contribution in [3.05, 3.63) is 65.5 Å². The van der Waals surface area contributed by atoms with E-state index in [1.54, 1.807) is 4.90 Å². The molecule has 0 saturated heterocycles. The smallest absolute Gasteiger partial charge is 0.338 e. The van der Waals surface area contributed by atoms with Crippen LogP contribution < -0.4 is 4.90 Å². The Kier molecular flexibility index (Phi) is 4.10. The van der Waals surface area contributed by atoms with Crippen LogP contribution in [0.1, 0.15) is 22.8 Å². The molecule has 23 heavy (non-hydrogen) atoms. The Labute approximate surface area is 133 Å². The van der Waals surface area contributed by atoms with Crippen LogP contribution in [-0.2, 0) is 16.0 Å². The fourth-order valence-electron chi connectivity index (χ4n) is 2.81. The standard InChI is InChI=1S/C18H16FNO3/c1-12-10-14-4-2-3-5-16(14)20(12)17(21)11-23-18(22)13-6-8-15(19)9-7-13/h2-9,12H,10-11H2,1H3. The van der Waals surface area contributed by atoms with E-state index in [9.17, 15) is 14.0 Å². The summed E-state index contributed by atoms with van der Waals surface area (Å²) in [5.41, 5.74) is 2.19. The maximum atomic E-state index is 12.8. The topological polar surface area (TPSA) is 46.6 Å². The van der Waals surface area contributed by atoms with Gasteiger partial charge >= 0.3 is 5.97 Å². The first kappa shape index (κ1) is 15.2. The van der Waals surface area contributed by atoms with Crippen molar-refractivity contribution in [2.75, 3.05) is 11.5 Å². The van der Waals surface area contributed by atoms with Gasteiger partial charge in [0.1, 0.15) is 5.82 Å². The molecule has 1 heterocycles. The molecular weight excluding hydrogens is 297 g/mol. The average Bonchev–Trinajstić information content (AvgIpc) is 2.88. The highest BCUT2D eigenvalue weighted by Gasteiger charge is 2.30. The van der Waals surface area contributed by atoms with E-state index >= 15 is 0 Å². The van der Waals surface area contributed by atoms with Crippen LogP contribution in [0.5, 0.6) is 0 Å². The number of para-hydroxylation sites is 1. The van der Waals surface area contributed by atoms with Crippen molar-refractivity contribution >= 4 is 17.6 Å². The van der Waals surface area contributed by atoms with Gasteiger partial charge in [-0.05, 0) is 49.2 Å². The number of benzene rings is 2. The lowest BCUT2D eigenvalue weighted by Crippen LogP contribution is -2.38. The number of hydrogen-bond donors (Lipinski definition) is 0. The number of carbonyl (C=O) groups excluding carboxylic acids is 2. The molecular formula is C18H16FNO3. The van der Waals surface area contributed by atoms with E-state index in [0.29, 0.717) is 0 Å². The van der Waals surface area contributed by atoms with Crippen LogP contribution in [0.4, 0.5) is 10.1 Å². The summed E-state index contributed by atoms with van der Waals surface area (Å²) in [7, 11) is 0. The number of amides is 1. The number of rotatable bonds is 3. The van der Waals surface area contributed by atoms with E-state index in [0.717, 1.165) is 17.7 Å². The van der Waals surface area contributed by atoms with Crippen molar-refractivity contribution < 1.29 is 18.7 Å². The fraction of sp³-hybridized carbons (Fsp3) is 0.222. The van der Waals surface area contributed by atoms with Crippen molar-refractivity contribution in [3.63, 3.8) is 0 Å². The molecule has 2 aromatic rings. The van der Waals surface area contributed by atoms with Gasteiger partial charge in [0, 0.05) is 11.7 Å². The monoisotopic (exact) mass is 313 g/mol. The SMILES string of the molecule is CC1Cc2ccccc2N1C(=O)COC(=O)c1ccc(F)cc1. The Hall–Kier alpha value is -2.69. The van der Waals surface area contributed by atoms with Crippen LogP contribution in [0.15, 0.2) is 48.5 Å².